The van der Waals surface area contributed by atoms with Gasteiger partial charge >= 0.3 is 0 Å². The first-order valence-corrected chi connectivity index (χ1v) is 6.76. The average molecular weight is 263 g/mol. The Hall–Kier alpha value is -1.43. The zero-order valence-electron chi connectivity index (χ0n) is 11.2. The Balaban J connectivity index is 1.68. The molecule has 1 amide bonds. The number of rotatable bonds is 6. The topological polar surface area (TPSA) is 62.4 Å². The lowest BCUT2D eigenvalue weighted by molar-refractivity contribution is -0.136. The van der Waals surface area contributed by atoms with Crippen LogP contribution in [0.5, 0.6) is 0 Å². The Morgan fingerprint density at radius 1 is 1.37 bits per heavy atom. The molecule has 0 aliphatic carbocycles. The van der Waals surface area contributed by atoms with E-state index in [0.29, 0.717) is 12.6 Å². The van der Waals surface area contributed by atoms with Crippen LogP contribution in [0.2, 0.25) is 0 Å². The van der Waals surface area contributed by atoms with Gasteiger partial charge in [-0.25, -0.2) is 10.9 Å². The summed E-state index contributed by atoms with van der Waals surface area (Å²) < 4.78 is 0. The van der Waals surface area contributed by atoms with Crippen LogP contribution in [0.3, 0.4) is 0 Å². The highest BCUT2D eigenvalue weighted by Gasteiger charge is 2.28. The number of hydrazine groups is 1. The molecule has 1 aromatic rings. The lowest BCUT2D eigenvalue weighted by Crippen LogP contribution is -2.43. The second kappa shape index (κ2) is 7.23. The van der Waals surface area contributed by atoms with Crippen molar-refractivity contribution in [2.45, 2.75) is 44.9 Å². The van der Waals surface area contributed by atoms with E-state index in [4.69, 9.17) is 4.84 Å². The largest absolute Gasteiger partial charge is 0.271 e. The van der Waals surface area contributed by atoms with Gasteiger partial charge in [-0.2, -0.15) is 0 Å². The normalized spacial score (nSPS) is 22.4. The Bertz CT molecular complexity index is 397. The van der Waals surface area contributed by atoms with Gasteiger partial charge in [0.05, 0.1) is 6.61 Å². The smallest absolute Gasteiger partial charge is 0.262 e. The molecular weight excluding hydrogens is 242 g/mol. The van der Waals surface area contributed by atoms with Crippen molar-refractivity contribution >= 4 is 5.91 Å². The predicted molar refractivity (Wildman–Crippen MR) is 72.7 cm³/mol. The van der Waals surface area contributed by atoms with Gasteiger partial charge in [-0.15, -0.1) is 0 Å². The Labute approximate surface area is 113 Å². The Kier molecular flexibility index (Phi) is 5.32. The van der Waals surface area contributed by atoms with Crippen LogP contribution in [0.15, 0.2) is 30.3 Å². The Morgan fingerprint density at radius 3 is 2.89 bits per heavy atom. The first kappa shape index (κ1) is 14.0. The number of nitrogens with one attached hydrogen (secondary N) is 3. The zero-order chi connectivity index (χ0) is 13.5. The number of hydrogen-bond donors (Lipinski definition) is 3. The van der Waals surface area contributed by atoms with Crippen LogP contribution in [0.4, 0.5) is 0 Å². The van der Waals surface area contributed by atoms with Crippen LogP contribution in [0.25, 0.3) is 0 Å². The van der Waals surface area contributed by atoms with E-state index in [1.165, 1.54) is 0 Å². The molecule has 104 valence electrons. The van der Waals surface area contributed by atoms with Crippen molar-refractivity contribution in [3.8, 4) is 0 Å². The van der Waals surface area contributed by atoms with Gasteiger partial charge in [0.2, 0.25) is 0 Å². The quantitative estimate of drug-likeness (QED) is 0.676. The van der Waals surface area contributed by atoms with Crippen molar-refractivity contribution in [3.63, 3.8) is 0 Å². The molecular formula is C14H21N3O2. The van der Waals surface area contributed by atoms with Crippen molar-refractivity contribution in [1.29, 1.82) is 0 Å². The number of benzene rings is 1. The lowest BCUT2D eigenvalue weighted by atomic mass is 10.1. The molecule has 0 spiro atoms. The number of amides is 1. The summed E-state index contributed by atoms with van der Waals surface area (Å²) in [4.78, 5) is 17.1. The minimum Gasteiger partial charge on any atom is -0.271 e. The molecule has 1 aromatic carbocycles. The SMILES string of the molecule is CCCC1CC(C(=O)NOCc2ccccc2)NN1. The summed E-state index contributed by atoms with van der Waals surface area (Å²) in [7, 11) is 0. The van der Waals surface area contributed by atoms with E-state index < -0.39 is 0 Å². The minimum absolute atomic E-state index is 0.123. The minimum atomic E-state index is -0.215. The van der Waals surface area contributed by atoms with E-state index in [0.717, 1.165) is 24.8 Å². The fourth-order valence-corrected chi connectivity index (χ4v) is 2.17. The molecule has 2 atom stereocenters. The molecule has 1 fully saturated rings. The number of carbonyl (C=O) groups is 1. The molecule has 5 heteroatoms. The molecule has 1 heterocycles. The lowest BCUT2D eigenvalue weighted by Gasteiger charge is -2.10. The molecule has 0 saturated carbocycles. The summed E-state index contributed by atoms with van der Waals surface area (Å²) in [5.41, 5.74) is 9.65. The predicted octanol–water partition coefficient (Wildman–Crippen LogP) is 1.27. The number of hydroxylamine groups is 1. The summed E-state index contributed by atoms with van der Waals surface area (Å²) in [6, 6.07) is 9.90. The van der Waals surface area contributed by atoms with E-state index in [1.807, 2.05) is 30.3 Å². The molecule has 1 aliphatic rings. The van der Waals surface area contributed by atoms with Gasteiger partial charge in [-0.3, -0.25) is 15.1 Å². The van der Waals surface area contributed by atoms with Gasteiger partial charge in [0, 0.05) is 6.04 Å². The molecule has 1 saturated heterocycles. The van der Waals surface area contributed by atoms with Crippen LogP contribution in [0.1, 0.15) is 31.7 Å². The molecule has 2 rings (SSSR count). The first-order valence-electron chi connectivity index (χ1n) is 6.76. The van der Waals surface area contributed by atoms with Gasteiger partial charge in [0.15, 0.2) is 0 Å². The fraction of sp³-hybridized carbons (Fsp3) is 0.500. The number of carbonyl (C=O) groups excluding carboxylic acids is 1. The summed E-state index contributed by atoms with van der Waals surface area (Å²) in [6.45, 7) is 2.52. The van der Waals surface area contributed by atoms with Gasteiger partial charge in [0.1, 0.15) is 6.04 Å². The maximum Gasteiger partial charge on any atom is 0.262 e. The molecule has 1 aliphatic heterocycles. The van der Waals surface area contributed by atoms with Crippen LogP contribution in [0, 0.1) is 0 Å². The van der Waals surface area contributed by atoms with Crippen LogP contribution < -0.4 is 16.3 Å². The van der Waals surface area contributed by atoms with Crippen LogP contribution in [-0.2, 0) is 16.2 Å². The summed E-state index contributed by atoms with van der Waals surface area (Å²) in [5, 5.41) is 0. The summed E-state index contributed by atoms with van der Waals surface area (Å²) in [6.07, 6.45) is 2.98. The molecule has 3 N–H and O–H groups in total. The van der Waals surface area contributed by atoms with Crippen molar-refractivity contribution in [2.24, 2.45) is 0 Å². The third-order valence-corrected chi connectivity index (χ3v) is 3.19. The van der Waals surface area contributed by atoms with Crippen LogP contribution >= 0.6 is 0 Å². The monoisotopic (exact) mass is 263 g/mol. The van der Waals surface area contributed by atoms with Crippen molar-refractivity contribution in [3.05, 3.63) is 35.9 Å². The zero-order valence-corrected chi connectivity index (χ0v) is 11.2. The van der Waals surface area contributed by atoms with Gasteiger partial charge < -0.3 is 0 Å². The van der Waals surface area contributed by atoms with Crippen molar-refractivity contribution < 1.29 is 9.63 Å². The molecule has 5 nitrogen and oxygen atoms in total. The third kappa shape index (κ3) is 4.31. The van der Waals surface area contributed by atoms with Crippen molar-refractivity contribution in [2.75, 3.05) is 0 Å². The van der Waals surface area contributed by atoms with Gasteiger partial charge in [-0.1, -0.05) is 43.7 Å². The van der Waals surface area contributed by atoms with Crippen LogP contribution in [-0.4, -0.2) is 18.0 Å². The van der Waals surface area contributed by atoms with E-state index in [-0.39, 0.29) is 11.9 Å². The van der Waals surface area contributed by atoms with Gasteiger partial charge in [0.25, 0.3) is 5.91 Å². The highest BCUT2D eigenvalue weighted by Crippen LogP contribution is 2.10. The Morgan fingerprint density at radius 2 is 2.16 bits per heavy atom. The molecule has 0 radical (unpaired) electrons. The first-order chi connectivity index (χ1) is 9.29. The molecule has 0 aromatic heterocycles. The maximum absolute atomic E-state index is 11.8. The molecule has 2 unspecified atom stereocenters. The van der Waals surface area contributed by atoms with E-state index >= 15 is 0 Å². The third-order valence-electron chi connectivity index (χ3n) is 3.19. The molecule has 19 heavy (non-hydrogen) atoms. The van der Waals surface area contributed by atoms with Gasteiger partial charge in [-0.05, 0) is 18.4 Å². The average Bonchev–Trinajstić information content (AvgIpc) is 2.89. The number of hydrogen-bond acceptors (Lipinski definition) is 4. The maximum atomic E-state index is 11.8. The highest BCUT2D eigenvalue weighted by molar-refractivity contribution is 5.81. The van der Waals surface area contributed by atoms with E-state index in [2.05, 4.69) is 23.3 Å². The van der Waals surface area contributed by atoms with E-state index in [1.54, 1.807) is 0 Å². The van der Waals surface area contributed by atoms with E-state index in [9.17, 15) is 4.79 Å². The second-order valence-corrected chi connectivity index (χ2v) is 4.80. The fourth-order valence-electron chi connectivity index (χ4n) is 2.17. The standard InChI is InChI=1S/C14H21N3O2/c1-2-6-12-9-13(16-15-12)14(18)17-19-10-11-7-4-3-5-8-11/h3-5,7-8,12-13,15-16H,2,6,9-10H2,1H3,(H,17,18). The summed E-state index contributed by atoms with van der Waals surface area (Å²) >= 11 is 0. The molecule has 0 bridgehead atoms. The second-order valence-electron chi connectivity index (χ2n) is 4.80. The highest BCUT2D eigenvalue weighted by atomic mass is 16.6. The van der Waals surface area contributed by atoms with Crippen molar-refractivity contribution in [1.82, 2.24) is 16.3 Å². The summed E-state index contributed by atoms with van der Waals surface area (Å²) in [5.74, 6) is -0.123.